The first kappa shape index (κ1) is 21.5. The van der Waals surface area contributed by atoms with Crippen LogP contribution in [0.2, 0.25) is 0 Å². The van der Waals surface area contributed by atoms with Crippen LogP contribution in [0, 0.1) is 11.8 Å². The van der Waals surface area contributed by atoms with Crippen LogP contribution in [0.3, 0.4) is 0 Å². The van der Waals surface area contributed by atoms with Gasteiger partial charge in [-0.2, -0.15) is 0 Å². The van der Waals surface area contributed by atoms with Gasteiger partial charge < -0.3 is 16.6 Å². The maximum atomic E-state index is 9.10. The first-order valence-corrected chi connectivity index (χ1v) is 10.3. The summed E-state index contributed by atoms with van der Waals surface area (Å²) in [5, 5.41) is 9.10. The fourth-order valence-electron chi connectivity index (χ4n) is 4.17. The van der Waals surface area contributed by atoms with Gasteiger partial charge in [-0.1, -0.05) is 61.7 Å². The van der Waals surface area contributed by atoms with Crippen molar-refractivity contribution in [1.29, 1.82) is 0 Å². The van der Waals surface area contributed by atoms with Crippen LogP contribution in [0.25, 0.3) is 11.1 Å². The minimum atomic E-state index is 0.305. The minimum absolute atomic E-state index is 0.305. The molecule has 3 rings (SSSR count). The van der Waals surface area contributed by atoms with Gasteiger partial charge in [0, 0.05) is 12.1 Å². The summed E-state index contributed by atoms with van der Waals surface area (Å²) in [5.41, 5.74) is 14.0. The summed E-state index contributed by atoms with van der Waals surface area (Å²) in [6.07, 6.45) is 7.93. The van der Waals surface area contributed by atoms with Crippen molar-refractivity contribution in [2.75, 3.05) is 0 Å². The minimum Gasteiger partial charge on any atom is -0.508 e. The van der Waals surface area contributed by atoms with Gasteiger partial charge in [-0.25, -0.2) is 0 Å². The van der Waals surface area contributed by atoms with Gasteiger partial charge in [0.05, 0.1) is 0 Å². The second-order valence-electron chi connectivity index (χ2n) is 8.24. The maximum absolute atomic E-state index is 9.10. The smallest absolute Gasteiger partial charge is 0.115 e. The summed E-state index contributed by atoms with van der Waals surface area (Å²) in [4.78, 5) is 0. The van der Waals surface area contributed by atoms with Crippen LogP contribution < -0.4 is 11.5 Å². The molecule has 1 fully saturated rings. The second-order valence-corrected chi connectivity index (χ2v) is 8.24. The highest BCUT2D eigenvalue weighted by Crippen LogP contribution is 2.33. The summed E-state index contributed by atoms with van der Waals surface area (Å²) in [6.45, 7) is 4.24. The molecule has 0 spiro atoms. The van der Waals surface area contributed by atoms with Gasteiger partial charge in [0.2, 0.25) is 0 Å². The average molecular weight is 369 g/mol. The van der Waals surface area contributed by atoms with Gasteiger partial charge in [-0.05, 0) is 68.2 Å². The monoisotopic (exact) mass is 368 g/mol. The summed E-state index contributed by atoms with van der Waals surface area (Å²) in [5.74, 6) is 2.04. The fraction of sp³-hybridized carbons (Fsp3) is 0.500. The third-order valence-electron chi connectivity index (χ3n) is 5.28. The molecule has 2 aromatic rings. The third-order valence-corrected chi connectivity index (χ3v) is 5.28. The molecule has 0 heterocycles. The molecule has 5 N–H and O–H groups in total. The lowest BCUT2D eigenvalue weighted by Gasteiger charge is -2.31. The molecule has 1 aliphatic carbocycles. The highest BCUT2D eigenvalue weighted by Gasteiger charge is 2.23. The van der Waals surface area contributed by atoms with E-state index in [0.717, 1.165) is 17.4 Å². The van der Waals surface area contributed by atoms with E-state index < -0.39 is 0 Å². The van der Waals surface area contributed by atoms with E-state index in [2.05, 4.69) is 13.8 Å². The van der Waals surface area contributed by atoms with Gasteiger partial charge in [-0.3, -0.25) is 0 Å². The Morgan fingerprint density at radius 2 is 1.30 bits per heavy atom. The Morgan fingerprint density at radius 1 is 0.815 bits per heavy atom. The highest BCUT2D eigenvalue weighted by molar-refractivity contribution is 5.63. The predicted octanol–water partition coefficient (Wildman–Crippen LogP) is 5.33. The summed E-state index contributed by atoms with van der Waals surface area (Å²) < 4.78 is 0. The van der Waals surface area contributed by atoms with E-state index in [0.29, 0.717) is 17.8 Å². The molecule has 4 atom stereocenters. The van der Waals surface area contributed by atoms with Gasteiger partial charge >= 0.3 is 0 Å². The SMILES string of the molecule is CC(N)CC1CCCC(CC(C)N)C1.Oc1ccc(-c2ccccc2)cc1. The van der Waals surface area contributed by atoms with E-state index in [1.807, 2.05) is 42.5 Å². The van der Waals surface area contributed by atoms with E-state index in [4.69, 9.17) is 16.6 Å². The number of nitrogens with two attached hydrogens (primary N) is 2. The Bertz CT molecular complexity index is 621. The van der Waals surface area contributed by atoms with Crippen LogP contribution in [0.15, 0.2) is 54.6 Å². The lowest BCUT2D eigenvalue weighted by molar-refractivity contribution is 0.229. The van der Waals surface area contributed by atoms with Crippen LogP contribution >= 0.6 is 0 Å². The molecule has 0 amide bonds. The molecule has 4 unspecified atom stereocenters. The lowest BCUT2D eigenvalue weighted by Crippen LogP contribution is -2.27. The zero-order valence-electron chi connectivity index (χ0n) is 16.9. The molecule has 1 saturated carbocycles. The molecule has 3 heteroatoms. The molecular formula is C24H36N2O. The first-order valence-electron chi connectivity index (χ1n) is 10.3. The van der Waals surface area contributed by atoms with E-state index in [9.17, 15) is 0 Å². The summed E-state index contributed by atoms with van der Waals surface area (Å²) >= 11 is 0. The average Bonchev–Trinajstić information content (AvgIpc) is 2.63. The van der Waals surface area contributed by atoms with Gasteiger partial charge in [0.25, 0.3) is 0 Å². The van der Waals surface area contributed by atoms with Gasteiger partial charge in [0.15, 0.2) is 0 Å². The Balaban J connectivity index is 0.000000194. The van der Waals surface area contributed by atoms with Crippen molar-refractivity contribution >= 4 is 0 Å². The van der Waals surface area contributed by atoms with Crippen molar-refractivity contribution in [3.63, 3.8) is 0 Å². The quantitative estimate of drug-likeness (QED) is 0.668. The Hall–Kier alpha value is -1.84. The molecular weight excluding hydrogens is 332 g/mol. The first-order chi connectivity index (χ1) is 12.9. The molecule has 148 valence electrons. The van der Waals surface area contributed by atoms with Crippen LogP contribution in [0.5, 0.6) is 5.75 Å². The molecule has 0 radical (unpaired) electrons. The number of benzene rings is 2. The number of rotatable bonds is 5. The van der Waals surface area contributed by atoms with E-state index in [1.165, 1.54) is 44.1 Å². The molecule has 3 nitrogen and oxygen atoms in total. The molecule has 2 aromatic carbocycles. The Kier molecular flexibility index (Phi) is 8.83. The lowest BCUT2D eigenvalue weighted by atomic mass is 9.76. The van der Waals surface area contributed by atoms with E-state index >= 15 is 0 Å². The number of hydrogen-bond donors (Lipinski definition) is 3. The number of hydrogen-bond acceptors (Lipinski definition) is 3. The van der Waals surface area contributed by atoms with Crippen LogP contribution in [0.1, 0.15) is 52.4 Å². The van der Waals surface area contributed by atoms with Crippen molar-refractivity contribution in [2.24, 2.45) is 23.3 Å². The molecule has 0 aromatic heterocycles. The summed E-state index contributed by atoms with van der Waals surface area (Å²) in [6, 6.07) is 18.0. The number of phenols is 1. The molecule has 0 saturated heterocycles. The maximum Gasteiger partial charge on any atom is 0.115 e. The Labute approximate surface area is 164 Å². The number of aromatic hydroxyl groups is 1. The standard InChI is InChI=1S/C12H26N2.C12H10O/c1-9(13)6-11-4-3-5-12(8-11)7-10(2)14;13-12-8-6-11(7-9-12)10-4-2-1-3-5-10/h9-12H,3-8,13-14H2,1-2H3;1-9,13H. The van der Waals surface area contributed by atoms with E-state index in [-0.39, 0.29) is 0 Å². The van der Waals surface area contributed by atoms with Crippen molar-refractivity contribution < 1.29 is 5.11 Å². The second kappa shape index (κ2) is 11.1. The molecule has 1 aliphatic rings. The number of phenolic OH excluding ortho intramolecular Hbond substituents is 1. The summed E-state index contributed by atoms with van der Waals surface area (Å²) in [7, 11) is 0. The van der Waals surface area contributed by atoms with E-state index in [1.54, 1.807) is 12.1 Å². The van der Waals surface area contributed by atoms with Crippen molar-refractivity contribution in [1.82, 2.24) is 0 Å². The molecule has 27 heavy (non-hydrogen) atoms. The third kappa shape index (κ3) is 8.15. The predicted molar refractivity (Wildman–Crippen MR) is 116 cm³/mol. The topological polar surface area (TPSA) is 72.3 Å². The largest absolute Gasteiger partial charge is 0.508 e. The van der Waals surface area contributed by atoms with Crippen LogP contribution in [0.4, 0.5) is 0 Å². The molecule has 0 aliphatic heterocycles. The molecule has 0 bridgehead atoms. The zero-order valence-corrected chi connectivity index (χ0v) is 16.9. The van der Waals surface area contributed by atoms with Crippen molar-refractivity contribution in [3.8, 4) is 16.9 Å². The normalized spacial score (nSPS) is 21.6. The van der Waals surface area contributed by atoms with Crippen molar-refractivity contribution in [2.45, 2.75) is 64.5 Å². The van der Waals surface area contributed by atoms with Crippen molar-refractivity contribution in [3.05, 3.63) is 54.6 Å². The fourth-order valence-corrected chi connectivity index (χ4v) is 4.17. The highest BCUT2D eigenvalue weighted by atomic mass is 16.3. The van der Waals surface area contributed by atoms with Gasteiger partial charge in [-0.15, -0.1) is 0 Å². The zero-order chi connectivity index (χ0) is 19.6. The Morgan fingerprint density at radius 3 is 1.78 bits per heavy atom. The van der Waals surface area contributed by atoms with Crippen LogP contribution in [-0.4, -0.2) is 17.2 Å². The van der Waals surface area contributed by atoms with Crippen LogP contribution in [-0.2, 0) is 0 Å². The van der Waals surface area contributed by atoms with Gasteiger partial charge in [0.1, 0.15) is 5.75 Å².